The lowest BCUT2D eigenvalue weighted by atomic mass is 10.1. The van der Waals surface area contributed by atoms with Crippen molar-refractivity contribution in [1.82, 2.24) is 4.98 Å². The van der Waals surface area contributed by atoms with E-state index in [2.05, 4.69) is 4.98 Å². The molecule has 0 spiro atoms. The van der Waals surface area contributed by atoms with E-state index in [1.165, 1.54) is 0 Å². The molecule has 1 amide bonds. The maximum Gasteiger partial charge on any atom is 0.258 e. The Morgan fingerprint density at radius 1 is 0.962 bits per heavy atom. The van der Waals surface area contributed by atoms with Gasteiger partial charge in [-0.15, -0.1) is 0 Å². The summed E-state index contributed by atoms with van der Waals surface area (Å²) in [7, 11) is 3.19. The van der Waals surface area contributed by atoms with Crippen molar-refractivity contribution in [3.63, 3.8) is 0 Å². The molecule has 0 unspecified atom stereocenters. The largest absolute Gasteiger partial charge is 0.497 e. The van der Waals surface area contributed by atoms with Crippen molar-refractivity contribution in [3.8, 4) is 11.5 Å². The molecule has 26 heavy (non-hydrogen) atoms. The Hall–Kier alpha value is -3.34. The van der Waals surface area contributed by atoms with E-state index in [-0.39, 0.29) is 5.91 Å². The lowest BCUT2D eigenvalue weighted by Gasteiger charge is -2.23. The smallest absolute Gasteiger partial charge is 0.258 e. The molecule has 2 aromatic carbocycles. The molecule has 0 atom stereocenters. The number of ether oxygens (including phenoxy) is 2. The van der Waals surface area contributed by atoms with Crippen molar-refractivity contribution in [2.24, 2.45) is 0 Å². The molecule has 1 heterocycles. The number of rotatable bonds is 6. The number of hydrogen-bond acceptors (Lipinski definition) is 4. The second-order valence-corrected chi connectivity index (χ2v) is 5.69. The van der Waals surface area contributed by atoms with Gasteiger partial charge >= 0.3 is 0 Å². The van der Waals surface area contributed by atoms with Gasteiger partial charge < -0.3 is 14.4 Å². The average molecular weight is 348 g/mol. The van der Waals surface area contributed by atoms with Gasteiger partial charge in [0, 0.05) is 29.7 Å². The van der Waals surface area contributed by atoms with E-state index in [1.807, 2.05) is 42.5 Å². The fraction of sp³-hybridized carbons (Fsp3) is 0.143. The van der Waals surface area contributed by atoms with Crippen LogP contribution < -0.4 is 14.4 Å². The van der Waals surface area contributed by atoms with Gasteiger partial charge in [-0.05, 0) is 42.0 Å². The number of methoxy groups -OCH3 is 2. The first kappa shape index (κ1) is 17.5. The Bertz CT molecular complexity index is 881. The maximum absolute atomic E-state index is 13.2. The van der Waals surface area contributed by atoms with Crippen LogP contribution in [0.2, 0.25) is 0 Å². The van der Waals surface area contributed by atoms with Crippen LogP contribution in [0.15, 0.2) is 73.1 Å². The molecule has 0 fully saturated rings. The van der Waals surface area contributed by atoms with E-state index in [9.17, 15) is 4.79 Å². The van der Waals surface area contributed by atoms with Gasteiger partial charge in [-0.1, -0.05) is 18.2 Å². The molecule has 3 aromatic rings. The molecule has 0 saturated carbocycles. The standard InChI is InChI=1S/C21H20N2O3/c1-25-19-9-3-7-17(12-19)21(24)23(15-16-6-5-11-22-14-16)18-8-4-10-20(13-18)26-2/h3-14H,15H2,1-2H3. The van der Waals surface area contributed by atoms with Crippen LogP contribution in [0, 0.1) is 0 Å². The molecule has 0 aliphatic carbocycles. The topological polar surface area (TPSA) is 51.7 Å². The molecule has 0 aliphatic heterocycles. The fourth-order valence-corrected chi connectivity index (χ4v) is 2.64. The van der Waals surface area contributed by atoms with Crippen molar-refractivity contribution in [3.05, 3.63) is 84.2 Å². The molecule has 132 valence electrons. The van der Waals surface area contributed by atoms with Gasteiger partial charge in [0.1, 0.15) is 11.5 Å². The third-order valence-corrected chi connectivity index (χ3v) is 3.99. The molecular weight excluding hydrogens is 328 g/mol. The summed E-state index contributed by atoms with van der Waals surface area (Å²) < 4.78 is 10.6. The first-order chi connectivity index (χ1) is 12.7. The Balaban J connectivity index is 1.99. The number of carbonyl (C=O) groups is 1. The summed E-state index contributed by atoms with van der Waals surface area (Å²) in [5.74, 6) is 1.21. The van der Waals surface area contributed by atoms with E-state index in [1.54, 1.807) is 49.7 Å². The Labute approximate surface area is 152 Å². The summed E-state index contributed by atoms with van der Waals surface area (Å²) in [6, 6.07) is 18.4. The lowest BCUT2D eigenvalue weighted by molar-refractivity contribution is 0.0984. The van der Waals surface area contributed by atoms with E-state index >= 15 is 0 Å². The third kappa shape index (κ3) is 4.00. The number of nitrogens with zero attached hydrogens (tertiary/aromatic N) is 2. The van der Waals surface area contributed by atoms with Crippen LogP contribution >= 0.6 is 0 Å². The fourth-order valence-electron chi connectivity index (χ4n) is 2.64. The van der Waals surface area contributed by atoms with Gasteiger partial charge in [0.05, 0.1) is 20.8 Å². The minimum absolute atomic E-state index is 0.124. The molecule has 5 heteroatoms. The first-order valence-corrected chi connectivity index (χ1v) is 8.20. The third-order valence-electron chi connectivity index (χ3n) is 3.99. The van der Waals surface area contributed by atoms with Crippen molar-refractivity contribution in [2.45, 2.75) is 6.54 Å². The van der Waals surface area contributed by atoms with Crippen molar-refractivity contribution >= 4 is 11.6 Å². The van der Waals surface area contributed by atoms with Gasteiger partial charge in [0.2, 0.25) is 0 Å². The Morgan fingerprint density at radius 3 is 2.38 bits per heavy atom. The minimum atomic E-state index is -0.124. The molecule has 0 bridgehead atoms. The zero-order valence-corrected chi connectivity index (χ0v) is 14.8. The zero-order chi connectivity index (χ0) is 18.4. The van der Waals surface area contributed by atoms with Gasteiger partial charge in [-0.3, -0.25) is 9.78 Å². The number of hydrogen-bond donors (Lipinski definition) is 0. The van der Waals surface area contributed by atoms with Crippen LogP contribution in [0.1, 0.15) is 15.9 Å². The number of benzene rings is 2. The highest BCUT2D eigenvalue weighted by Gasteiger charge is 2.19. The van der Waals surface area contributed by atoms with E-state index in [0.29, 0.717) is 23.6 Å². The highest BCUT2D eigenvalue weighted by Crippen LogP contribution is 2.25. The predicted molar refractivity (Wildman–Crippen MR) is 101 cm³/mol. The normalized spacial score (nSPS) is 10.2. The molecule has 0 saturated heterocycles. The minimum Gasteiger partial charge on any atom is -0.497 e. The van der Waals surface area contributed by atoms with Crippen LogP contribution in [0.4, 0.5) is 5.69 Å². The summed E-state index contributed by atoms with van der Waals surface area (Å²) in [6.45, 7) is 0.400. The summed E-state index contributed by atoms with van der Waals surface area (Å²) >= 11 is 0. The number of carbonyl (C=O) groups excluding carboxylic acids is 1. The van der Waals surface area contributed by atoms with Crippen LogP contribution in [0.5, 0.6) is 11.5 Å². The molecule has 1 aromatic heterocycles. The second-order valence-electron chi connectivity index (χ2n) is 5.69. The van der Waals surface area contributed by atoms with Crippen LogP contribution in [0.25, 0.3) is 0 Å². The molecule has 5 nitrogen and oxygen atoms in total. The van der Waals surface area contributed by atoms with Crippen LogP contribution in [-0.2, 0) is 6.54 Å². The van der Waals surface area contributed by atoms with Gasteiger partial charge in [-0.25, -0.2) is 0 Å². The molecule has 0 aliphatic rings. The van der Waals surface area contributed by atoms with Gasteiger partial charge in [0.15, 0.2) is 0 Å². The predicted octanol–water partition coefficient (Wildman–Crippen LogP) is 3.95. The quantitative estimate of drug-likeness (QED) is 0.677. The Morgan fingerprint density at radius 2 is 1.69 bits per heavy atom. The summed E-state index contributed by atoms with van der Waals surface area (Å²) in [5.41, 5.74) is 2.24. The zero-order valence-electron chi connectivity index (χ0n) is 14.8. The SMILES string of the molecule is COc1cccc(C(=O)N(Cc2cccnc2)c2cccc(OC)c2)c1. The van der Waals surface area contributed by atoms with Crippen molar-refractivity contribution < 1.29 is 14.3 Å². The molecular formula is C21H20N2O3. The first-order valence-electron chi connectivity index (χ1n) is 8.20. The van der Waals surface area contributed by atoms with Crippen LogP contribution in [-0.4, -0.2) is 25.1 Å². The second kappa shape index (κ2) is 8.16. The van der Waals surface area contributed by atoms with E-state index in [0.717, 1.165) is 11.3 Å². The van der Waals surface area contributed by atoms with E-state index < -0.39 is 0 Å². The van der Waals surface area contributed by atoms with Crippen molar-refractivity contribution in [2.75, 3.05) is 19.1 Å². The molecule has 0 N–H and O–H groups in total. The van der Waals surface area contributed by atoms with Gasteiger partial charge in [-0.2, -0.15) is 0 Å². The highest BCUT2D eigenvalue weighted by molar-refractivity contribution is 6.06. The summed E-state index contributed by atoms with van der Waals surface area (Å²) in [6.07, 6.45) is 3.47. The summed E-state index contributed by atoms with van der Waals surface area (Å²) in [5, 5.41) is 0. The Kier molecular flexibility index (Phi) is 5.49. The summed E-state index contributed by atoms with van der Waals surface area (Å²) in [4.78, 5) is 19.1. The number of anilines is 1. The number of pyridine rings is 1. The number of aromatic nitrogens is 1. The van der Waals surface area contributed by atoms with E-state index in [4.69, 9.17) is 9.47 Å². The van der Waals surface area contributed by atoms with Crippen LogP contribution in [0.3, 0.4) is 0 Å². The lowest BCUT2D eigenvalue weighted by Crippen LogP contribution is -2.30. The van der Waals surface area contributed by atoms with Gasteiger partial charge in [0.25, 0.3) is 5.91 Å². The maximum atomic E-state index is 13.2. The average Bonchev–Trinajstić information content (AvgIpc) is 2.72. The highest BCUT2D eigenvalue weighted by atomic mass is 16.5. The molecule has 3 rings (SSSR count). The number of amides is 1. The van der Waals surface area contributed by atoms with Crippen molar-refractivity contribution in [1.29, 1.82) is 0 Å². The monoisotopic (exact) mass is 348 g/mol. The molecule has 0 radical (unpaired) electrons.